The molecule has 0 saturated carbocycles. The number of amides is 1. The van der Waals surface area contributed by atoms with Gasteiger partial charge in [0, 0.05) is 11.3 Å². The van der Waals surface area contributed by atoms with E-state index in [0.29, 0.717) is 24.3 Å². The maximum Gasteiger partial charge on any atom is 0.319 e. The summed E-state index contributed by atoms with van der Waals surface area (Å²) >= 11 is 7.22. The third-order valence-electron chi connectivity index (χ3n) is 3.15. The standard InChI is InChI=1S/C17H23ClFNO3S/c1-4-6-8-23-17(22)11(3)24-15-10-14(13(19)9-12(15)18)20-16(21)7-5-2/h9-11H,4-8H2,1-3H3,(H,20,21). The zero-order valence-electron chi connectivity index (χ0n) is 14.2. The summed E-state index contributed by atoms with van der Waals surface area (Å²) in [7, 11) is 0. The van der Waals surface area contributed by atoms with Crippen molar-refractivity contribution in [1.29, 1.82) is 0 Å². The topological polar surface area (TPSA) is 55.4 Å². The summed E-state index contributed by atoms with van der Waals surface area (Å²) in [6.45, 7) is 5.97. The monoisotopic (exact) mass is 375 g/mol. The van der Waals surface area contributed by atoms with Crippen LogP contribution in [0.25, 0.3) is 0 Å². The number of halogens is 2. The maximum atomic E-state index is 13.9. The molecule has 0 bridgehead atoms. The van der Waals surface area contributed by atoms with Crippen molar-refractivity contribution >= 4 is 40.9 Å². The Kier molecular flexibility index (Phi) is 9.14. The largest absolute Gasteiger partial charge is 0.465 e. The molecular weight excluding hydrogens is 353 g/mol. The molecule has 24 heavy (non-hydrogen) atoms. The van der Waals surface area contributed by atoms with Gasteiger partial charge >= 0.3 is 5.97 Å². The molecule has 1 aromatic carbocycles. The molecule has 1 amide bonds. The summed E-state index contributed by atoms with van der Waals surface area (Å²) in [6.07, 6.45) is 2.74. The highest BCUT2D eigenvalue weighted by Crippen LogP contribution is 2.34. The SMILES string of the molecule is CCCCOC(=O)C(C)Sc1cc(NC(=O)CCC)c(F)cc1Cl. The molecule has 0 aliphatic heterocycles. The van der Waals surface area contributed by atoms with Crippen LogP contribution < -0.4 is 5.32 Å². The van der Waals surface area contributed by atoms with Gasteiger partial charge in [-0.05, 0) is 31.9 Å². The van der Waals surface area contributed by atoms with Gasteiger partial charge in [-0.15, -0.1) is 11.8 Å². The highest BCUT2D eigenvalue weighted by molar-refractivity contribution is 8.00. The quantitative estimate of drug-likeness (QED) is 0.373. The highest BCUT2D eigenvalue weighted by atomic mass is 35.5. The highest BCUT2D eigenvalue weighted by Gasteiger charge is 2.19. The van der Waals surface area contributed by atoms with Crippen molar-refractivity contribution in [1.82, 2.24) is 0 Å². The first-order chi connectivity index (χ1) is 11.4. The molecule has 0 aliphatic carbocycles. The van der Waals surface area contributed by atoms with E-state index >= 15 is 0 Å². The van der Waals surface area contributed by atoms with Crippen LogP contribution in [-0.4, -0.2) is 23.7 Å². The van der Waals surface area contributed by atoms with E-state index in [-0.39, 0.29) is 22.6 Å². The van der Waals surface area contributed by atoms with E-state index < -0.39 is 11.1 Å². The molecule has 0 heterocycles. The summed E-state index contributed by atoms with van der Waals surface area (Å²) in [5.74, 6) is -1.21. The van der Waals surface area contributed by atoms with Crippen molar-refractivity contribution in [2.45, 2.75) is 56.6 Å². The van der Waals surface area contributed by atoms with Crippen LogP contribution in [0.4, 0.5) is 10.1 Å². The number of carbonyl (C=O) groups is 2. The number of unbranched alkanes of at least 4 members (excludes halogenated alkanes) is 1. The van der Waals surface area contributed by atoms with Crippen LogP contribution in [0.1, 0.15) is 46.5 Å². The number of benzene rings is 1. The first-order valence-corrected chi connectivity index (χ1v) is 9.26. The molecule has 0 spiro atoms. The second kappa shape index (κ2) is 10.6. The Labute approximate surface area is 151 Å². The van der Waals surface area contributed by atoms with E-state index in [1.165, 1.54) is 17.8 Å². The number of ether oxygens (including phenoxy) is 1. The lowest BCUT2D eigenvalue weighted by molar-refractivity contribution is -0.142. The first-order valence-electron chi connectivity index (χ1n) is 8.01. The minimum absolute atomic E-state index is 0.0619. The molecule has 4 nitrogen and oxygen atoms in total. The maximum absolute atomic E-state index is 13.9. The number of rotatable bonds is 9. The number of carbonyl (C=O) groups excluding carboxylic acids is 2. The van der Waals surface area contributed by atoms with Crippen LogP contribution in [0, 0.1) is 5.82 Å². The van der Waals surface area contributed by atoms with Crippen molar-refractivity contribution in [3.8, 4) is 0 Å². The molecular formula is C17H23ClFNO3S. The van der Waals surface area contributed by atoms with Gasteiger partial charge in [0.1, 0.15) is 11.1 Å². The van der Waals surface area contributed by atoms with Crippen LogP contribution in [0.3, 0.4) is 0 Å². The second-order valence-electron chi connectivity index (χ2n) is 5.34. The van der Waals surface area contributed by atoms with Crippen LogP contribution in [-0.2, 0) is 14.3 Å². The van der Waals surface area contributed by atoms with E-state index in [1.54, 1.807) is 6.92 Å². The van der Waals surface area contributed by atoms with E-state index in [4.69, 9.17) is 16.3 Å². The fourth-order valence-corrected chi connectivity index (χ4v) is 3.01. The average molecular weight is 376 g/mol. The molecule has 0 aromatic heterocycles. The molecule has 0 aliphatic rings. The molecule has 0 fully saturated rings. The lowest BCUT2D eigenvalue weighted by Gasteiger charge is -2.14. The summed E-state index contributed by atoms with van der Waals surface area (Å²) in [5, 5.41) is 2.23. The molecule has 0 radical (unpaired) electrons. The molecule has 1 aromatic rings. The third kappa shape index (κ3) is 6.69. The average Bonchev–Trinajstić information content (AvgIpc) is 2.52. The van der Waals surface area contributed by atoms with Crippen molar-refractivity contribution in [3.63, 3.8) is 0 Å². The second-order valence-corrected chi connectivity index (χ2v) is 7.13. The predicted octanol–water partition coefficient (Wildman–Crippen LogP) is 5.04. The fourth-order valence-electron chi connectivity index (χ4n) is 1.83. The van der Waals surface area contributed by atoms with Crippen molar-refractivity contribution in [2.24, 2.45) is 0 Å². The summed E-state index contributed by atoms with van der Waals surface area (Å²) in [4.78, 5) is 24.1. The molecule has 7 heteroatoms. The van der Waals surface area contributed by atoms with Gasteiger partial charge in [-0.2, -0.15) is 0 Å². The zero-order valence-corrected chi connectivity index (χ0v) is 15.7. The predicted molar refractivity (Wildman–Crippen MR) is 96.1 cm³/mol. The molecule has 1 rings (SSSR count). The number of thioether (sulfide) groups is 1. The Morgan fingerprint density at radius 1 is 1.33 bits per heavy atom. The molecule has 134 valence electrons. The minimum Gasteiger partial charge on any atom is -0.465 e. The van der Waals surface area contributed by atoms with Crippen LogP contribution in [0.15, 0.2) is 17.0 Å². The molecule has 1 N–H and O–H groups in total. The van der Waals surface area contributed by atoms with Gasteiger partial charge in [-0.25, -0.2) is 4.39 Å². The van der Waals surface area contributed by atoms with E-state index in [9.17, 15) is 14.0 Å². The minimum atomic E-state index is -0.605. The van der Waals surface area contributed by atoms with Gasteiger partial charge in [0.25, 0.3) is 0 Å². The van der Waals surface area contributed by atoms with Gasteiger partial charge in [-0.1, -0.05) is 31.9 Å². The summed E-state index contributed by atoms with van der Waals surface area (Å²) in [5.41, 5.74) is 0.0619. The number of esters is 1. The molecule has 1 unspecified atom stereocenters. The Hall–Kier alpha value is -1.27. The lowest BCUT2D eigenvalue weighted by atomic mass is 10.2. The van der Waals surface area contributed by atoms with E-state index in [2.05, 4.69) is 5.32 Å². The molecule has 1 atom stereocenters. The van der Waals surface area contributed by atoms with E-state index in [0.717, 1.165) is 18.9 Å². The fraction of sp³-hybridized carbons (Fsp3) is 0.529. The van der Waals surface area contributed by atoms with Crippen LogP contribution >= 0.6 is 23.4 Å². The smallest absolute Gasteiger partial charge is 0.319 e. The van der Waals surface area contributed by atoms with Crippen molar-refractivity contribution < 1.29 is 18.7 Å². The van der Waals surface area contributed by atoms with E-state index in [1.807, 2.05) is 13.8 Å². The Morgan fingerprint density at radius 2 is 2.04 bits per heavy atom. The lowest BCUT2D eigenvalue weighted by Crippen LogP contribution is -2.17. The Balaban J connectivity index is 2.79. The van der Waals surface area contributed by atoms with Crippen LogP contribution in [0.5, 0.6) is 0 Å². The number of anilines is 1. The van der Waals surface area contributed by atoms with Gasteiger partial charge in [0.2, 0.25) is 5.91 Å². The van der Waals surface area contributed by atoms with Crippen molar-refractivity contribution in [3.05, 3.63) is 23.0 Å². The van der Waals surface area contributed by atoms with Gasteiger partial charge in [0.05, 0.1) is 17.3 Å². The third-order valence-corrected chi connectivity index (χ3v) is 4.71. The van der Waals surface area contributed by atoms with Crippen LogP contribution in [0.2, 0.25) is 5.02 Å². The number of hydrogen-bond donors (Lipinski definition) is 1. The Morgan fingerprint density at radius 3 is 2.67 bits per heavy atom. The van der Waals surface area contributed by atoms with Gasteiger partial charge in [0.15, 0.2) is 0 Å². The summed E-state index contributed by atoms with van der Waals surface area (Å²) in [6, 6.07) is 2.59. The normalized spacial score (nSPS) is 11.9. The van der Waals surface area contributed by atoms with Gasteiger partial charge in [-0.3, -0.25) is 9.59 Å². The van der Waals surface area contributed by atoms with Gasteiger partial charge < -0.3 is 10.1 Å². The first kappa shape index (κ1) is 20.8. The molecule has 0 saturated heterocycles. The number of nitrogens with one attached hydrogen (secondary N) is 1. The zero-order chi connectivity index (χ0) is 18.1. The number of hydrogen-bond acceptors (Lipinski definition) is 4. The van der Waals surface area contributed by atoms with Crippen molar-refractivity contribution in [2.75, 3.05) is 11.9 Å². The Bertz CT molecular complexity index is 583. The summed E-state index contributed by atoms with van der Waals surface area (Å²) < 4.78 is 19.1.